The molecule has 0 aromatic heterocycles. The predicted molar refractivity (Wildman–Crippen MR) is 64.9 cm³/mol. The summed E-state index contributed by atoms with van der Waals surface area (Å²) in [5.41, 5.74) is 0. The highest BCUT2D eigenvalue weighted by Gasteiger charge is 2.23. The Hall–Kier alpha value is 0.160. The first-order valence-electron chi connectivity index (χ1n) is 5.16. The van der Waals surface area contributed by atoms with Crippen molar-refractivity contribution in [2.45, 2.75) is 31.7 Å². The van der Waals surface area contributed by atoms with Crippen LogP contribution in [0.1, 0.15) is 25.7 Å². The van der Waals surface area contributed by atoms with E-state index in [0.29, 0.717) is 17.7 Å². The third-order valence-electron chi connectivity index (χ3n) is 3.02. The molecule has 4 nitrogen and oxygen atoms in total. The quantitative estimate of drug-likeness (QED) is 0.780. The summed E-state index contributed by atoms with van der Waals surface area (Å²) in [4.78, 5) is 0. The molecule has 1 fully saturated rings. The van der Waals surface area contributed by atoms with Crippen molar-refractivity contribution < 1.29 is 8.42 Å². The Kier molecular flexibility index (Phi) is 6.75. The molecule has 92 valence electrons. The number of hydrogen-bond acceptors (Lipinski definition) is 3. The summed E-state index contributed by atoms with van der Waals surface area (Å²) < 4.78 is 25.0. The van der Waals surface area contributed by atoms with Crippen LogP contribution in [0.3, 0.4) is 0 Å². The predicted octanol–water partition coefficient (Wildman–Crippen LogP) is 0.736. The fourth-order valence-corrected chi connectivity index (χ4v) is 3.13. The number of nitrogens with one attached hydrogen (secondary N) is 2. The van der Waals surface area contributed by atoms with Gasteiger partial charge in [0.1, 0.15) is 0 Å². The van der Waals surface area contributed by atoms with Crippen LogP contribution in [-0.2, 0) is 10.0 Å². The van der Waals surface area contributed by atoms with Gasteiger partial charge >= 0.3 is 0 Å². The van der Waals surface area contributed by atoms with Crippen LogP contribution >= 0.6 is 12.4 Å². The van der Waals surface area contributed by atoms with Gasteiger partial charge < -0.3 is 5.32 Å². The zero-order chi connectivity index (χ0) is 10.6. The fourth-order valence-electron chi connectivity index (χ4n) is 2.01. The van der Waals surface area contributed by atoms with Crippen LogP contribution in [-0.4, -0.2) is 34.3 Å². The smallest absolute Gasteiger partial charge is 0.211 e. The minimum Gasteiger partial charge on any atom is -0.317 e. The van der Waals surface area contributed by atoms with Gasteiger partial charge in [-0.1, -0.05) is 0 Å². The standard InChI is InChI=1S/C9H20N2O2S.ClH/c1-10-9-5-3-8(4-6-9)7-14(12,13)11-2;/h8-11H,3-7H2,1-2H3;1H/t8-,9-;. The van der Waals surface area contributed by atoms with Crippen LogP contribution < -0.4 is 10.0 Å². The Balaban J connectivity index is 0.00000196. The van der Waals surface area contributed by atoms with E-state index in [1.54, 1.807) is 0 Å². The first-order chi connectivity index (χ1) is 6.57. The van der Waals surface area contributed by atoms with Crippen molar-refractivity contribution >= 4 is 22.4 Å². The SMILES string of the molecule is CNS(=O)(=O)C[C@H]1CC[C@H](NC)CC1.Cl. The molecule has 1 aliphatic carbocycles. The molecule has 0 aromatic rings. The maximum absolute atomic E-state index is 11.3. The number of hydrogen-bond donors (Lipinski definition) is 2. The first-order valence-corrected chi connectivity index (χ1v) is 6.81. The van der Waals surface area contributed by atoms with Crippen molar-refractivity contribution in [1.82, 2.24) is 10.0 Å². The zero-order valence-corrected chi connectivity index (χ0v) is 11.0. The Morgan fingerprint density at radius 3 is 2.07 bits per heavy atom. The summed E-state index contributed by atoms with van der Waals surface area (Å²) in [5.74, 6) is 0.636. The molecule has 0 unspecified atom stereocenters. The monoisotopic (exact) mass is 256 g/mol. The molecule has 0 radical (unpaired) electrons. The van der Waals surface area contributed by atoms with Gasteiger partial charge in [-0.3, -0.25) is 0 Å². The molecular formula is C9H21ClN2O2S. The van der Waals surface area contributed by atoms with Crippen LogP contribution in [0.25, 0.3) is 0 Å². The average Bonchev–Trinajstić information content (AvgIpc) is 2.19. The van der Waals surface area contributed by atoms with Crippen LogP contribution in [0.4, 0.5) is 0 Å². The molecule has 0 saturated heterocycles. The van der Waals surface area contributed by atoms with Gasteiger partial charge in [-0.2, -0.15) is 0 Å². The van der Waals surface area contributed by atoms with Crippen molar-refractivity contribution in [2.24, 2.45) is 5.92 Å². The maximum atomic E-state index is 11.3. The molecule has 1 rings (SSSR count). The Bertz CT molecular complexity index is 261. The highest BCUT2D eigenvalue weighted by Crippen LogP contribution is 2.24. The Morgan fingerprint density at radius 2 is 1.67 bits per heavy atom. The molecule has 6 heteroatoms. The molecule has 0 atom stereocenters. The lowest BCUT2D eigenvalue weighted by Crippen LogP contribution is -2.34. The number of sulfonamides is 1. The number of rotatable bonds is 4. The third-order valence-corrected chi connectivity index (χ3v) is 4.55. The molecule has 1 aliphatic rings. The van der Waals surface area contributed by atoms with Gasteiger partial charge in [0.15, 0.2) is 0 Å². The largest absolute Gasteiger partial charge is 0.317 e. The fraction of sp³-hybridized carbons (Fsp3) is 1.00. The van der Waals surface area contributed by atoms with E-state index >= 15 is 0 Å². The van der Waals surface area contributed by atoms with Gasteiger partial charge in [0.05, 0.1) is 5.75 Å². The van der Waals surface area contributed by atoms with E-state index in [4.69, 9.17) is 0 Å². The van der Waals surface area contributed by atoms with Crippen molar-refractivity contribution in [1.29, 1.82) is 0 Å². The maximum Gasteiger partial charge on any atom is 0.211 e. The normalized spacial score (nSPS) is 27.1. The second-order valence-electron chi connectivity index (χ2n) is 3.99. The highest BCUT2D eigenvalue weighted by atomic mass is 35.5. The van der Waals surface area contributed by atoms with Crippen molar-refractivity contribution in [2.75, 3.05) is 19.8 Å². The van der Waals surface area contributed by atoms with E-state index in [0.717, 1.165) is 25.7 Å². The van der Waals surface area contributed by atoms with E-state index in [-0.39, 0.29) is 12.4 Å². The van der Waals surface area contributed by atoms with Crippen LogP contribution in [0.2, 0.25) is 0 Å². The molecule has 0 bridgehead atoms. The lowest BCUT2D eigenvalue weighted by molar-refractivity contribution is 0.320. The Morgan fingerprint density at radius 1 is 1.13 bits per heavy atom. The summed E-state index contributed by atoms with van der Waals surface area (Å²) >= 11 is 0. The molecule has 1 saturated carbocycles. The molecule has 0 aliphatic heterocycles. The van der Waals surface area contributed by atoms with Crippen LogP contribution in [0, 0.1) is 5.92 Å². The molecule has 2 N–H and O–H groups in total. The van der Waals surface area contributed by atoms with E-state index < -0.39 is 10.0 Å². The van der Waals surface area contributed by atoms with Crippen molar-refractivity contribution in [3.8, 4) is 0 Å². The second kappa shape index (κ2) is 6.68. The average molecular weight is 257 g/mol. The van der Waals surface area contributed by atoms with Gasteiger partial charge in [-0.05, 0) is 45.7 Å². The topological polar surface area (TPSA) is 58.2 Å². The molecule has 15 heavy (non-hydrogen) atoms. The van der Waals surface area contributed by atoms with Crippen molar-refractivity contribution in [3.05, 3.63) is 0 Å². The van der Waals surface area contributed by atoms with Crippen LogP contribution in [0.15, 0.2) is 0 Å². The molecule has 0 amide bonds. The van der Waals surface area contributed by atoms with E-state index in [1.807, 2.05) is 7.05 Å². The van der Waals surface area contributed by atoms with Gasteiger partial charge in [-0.25, -0.2) is 13.1 Å². The summed E-state index contributed by atoms with van der Waals surface area (Å²) in [6.07, 6.45) is 4.24. The molecule has 0 spiro atoms. The summed E-state index contributed by atoms with van der Waals surface area (Å²) in [7, 11) is 0.435. The lowest BCUT2D eigenvalue weighted by atomic mass is 9.87. The second-order valence-corrected chi connectivity index (χ2v) is 5.96. The minimum atomic E-state index is -3.01. The zero-order valence-electron chi connectivity index (χ0n) is 9.32. The first kappa shape index (κ1) is 15.2. The van der Waals surface area contributed by atoms with Gasteiger partial charge in [0, 0.05) is 6.04 Å². The van der Waals surface area contributed by atoms with E-state index in [2.05, 4.69) is 10.0 Å². The van der Waals surface area contributed by atoms with Gasteiger partial charge in [-0.15, -0.1) is 12.4 Å². The molecule has 0 aromatic carbocycles. The minimum absolute atomic E-state index is 0. The summed E-state index contributed by atoms with van der Waals surface area (Å²) in [5, 5.41) is 3.24. The lowest BCUT2D eigenvalue weighted by Gasteiger charge is -2.27. The third kappa shape index (κ3) is 5.15. The van der Waals surface area contributed by atoms with E-state index in [9.17, 15) is 8.42 Å². The van der Waals surface area contributed by atoms with E-state index in [1.165, 1.54) is 7.05 Å². The van der Waals surface area contributed by atoms with Crippen molar-refractivity contribution in [3.63, 3.8) is 0 Å². The summed E-state index contributed by atoms with van der Waals surface area (Å²) in [6.45, 7) is 0. The van der Waals surface area contributed by atoms with Gasteiger partial charge in [0.25, 0.3) is 0 Å². The Labute approximate surface area is 98.7 Å². The number of halogens is 1. The molecular weight excluding hydrogens is 236 g/mol. The highest BCUT2D eigenvalue weighted by molar-refractivity contribution is 7.89. The van der Waals surface area contributed by atoms with Gasteiger partial charge in [0.2, 0.25) is 10.0 Å². The molecule has 0 heterocycles. The summed E-state index contributed by atoms with van der Waals surface area (Å²) in [6, 6.07) is 0.587. The van der Waals surface area contributed by atoms with Crippen LogP contribution in [0.5, 0.6) is 0 Å².